The van der Waals surface area contributed by atoms with Gasteiger partial charge in [0, 0.05) is 12.7 Å². The maximum absolute atomic E-state index is 11.2. The summed E-state index contributed by atoms with van der Waals surface area (Å²) in [4.78, 5) is 10.8. The number of rotatable bonds is 3. The van der Waals surface area contributed by atoms with E-state index in [0.29, 0.717) is 23.1 Å². The number of benzene rings is 1. The van der Waals surface area contributed by atoms with Gasteiger partial charge in [0.15, 0.2) is 6.23 Å². The summed E-state index contributed by atoms with van der Waals surface area (Å²) >= 11 is 0. The number of nitro benzene ring substituents is 1. The smallest absolute Gasteiger partial charge is 0.280 e. The molecule has 21 heavy (non-hydrogen) atoms. The molecule has 1 atom stereocenters. The summed E-state index contributed by atoms with van der Waals surface area (Å²) in [6, 6.07) is 5.25. The van der Waals surface area contributed by atoms with Gasteiger partial charge in [0.05, 0.1) is 34.5 Å². The number of nitro groups is 1. The normalized spacial score (nSPS) is 18.5. The van der Waals surface area contributed by atoms with E-state index in [0.717, 1.165) is 19.3 Å². The molecule has 2 heterocycles. The van der Waals surface area contributed by atoms with Crippen LogP contribution >= 0.6 is 0 Å². The van der Waals surface area contributed by atoms with Crippen LogP contribution in [0.4, 0.5) is 5.69 Å². The van der Waals surface area contributed by atoms with Crippen molar-refractivity contribution in [3.8, 4) is 6.07 Å². The lowest BCUT2D eigenvalue weighted by Crippen LogP contribution is -2.19. The van der Waals surface area contributed by atoms with Gasteiger partial charge >= 0.3 is 0 Å². The van der Waals surface area contributed by atoms with Crippen molar-refractivity contribution in [1.29, 1.82) is 5.26 Å². The van der Waals surface area contributed by atoms with Crippen molar-refractivity contribution < 1.29 is 9.66 Å². The Morgan fingerprint density at radius 3 is 3.05 bits per heavy atom. The lowest BCUT2D eigenvalue weighted by atomic mass is 10.1. The first-order chi connectivity index (χ1) is 10.2. The van der Waals surface area contributed by atoms with Gasteiger partial charge in [-0.05, 0) is 30.9 Å². The average molecular weight is 286 g/mol. The number of hydrogen-bond acceptors (Lipinski definition) is 5. The molecule has 0 bridgehead atoms. The molecule has 0 amide bonds. The molecule has 7 nitrogen and oxygen atoms in total. The largest absolute Gasteiger partial charge is 0.356 e. The molecule has 1 aromatic heterocycles. The van der Waals surface area contributed by atoms with Gasteiger partial charge in [-0.3, -0.25) is 10.1 Å². The van der Waals surface area contributed by atoms with E-state index in [1.165, 1.54) is 12.3 Å². The summed E-state index contributed by atoms with van der Waals surface area (Å²) in [5.41, 5.74) is 1.26. The van der Waals surface area contributed by atoms with Crippen molar-refractivity contribution in [2.45, 2.75) is 31.9 Å². The Bertz CT molecular complexity index is 726. The summed E-state index contributed by atoms with van der Waals surface area (Å²) in [6.45, 7) is 0.673. The van der Waals surface area contributed by atoms with Crippen LogP contribution in [0.5, 0.6) is 0 Å². The quantitative estimate of drug-likeness (QED) is 0.638. The number of fused-ring (bicyclic) bond motifs is 1. The van der Waals surface area contributed by atoms with E-state index in [4.69, 9.17) is 10.00 Å². The van der Waals surface area contributed by atoms with Crippen LogP contribution in [-0.2, 0) is 11.2 Å². The Morgan fingerprint density at radius 1 is 1.52 bits per heavy atom. The monoisotopic (exact) mass is 286 g/mol. The minimum absolute atomic E-state index is 0.0141. The minimum Gasteiger partial charge on any atom is -0.356 e. The zero-order chi connectivity index (χ0) is 14.8. The molecule has 3 rings (SSSR count). The molecule has 1 aliphatic heterocycles. The Labute approximate surface area is 120 Å². The van der Waals surface area contributed by atoms with E-state index >= 15 is 0 Å². The number of ether oxygens (including phenoxy) is 1. The van der Waals surface area contributed by atoms with Crippen LogP contribution < -0.4 is 0 Å². The van der Waals surface area contributed by atoms with Crippen molar-refractivity contribution in [3.05, 3.63) is 34.0 Å². The summed E-state index contributed by atoms with van der Waals surface area (Å²) < 4.78 is 7.39. The second-order valence-electron chi connectivity index (χ2n) is 5.05. The molecule has 1 unspecified atom stereocenters. The molecule has 7 heteroatoms. The van der Waals surface area contributed by atoms with Crippen LogP contribution in [0.3, 0.4) is 0 Å². The Hall–Kier alpha value is -2.46. The van der Waals surface area contributed by atoms with Gasteiger partial charge < -0.3 is 4.74 Å². The lowest BCUT2D eigenvalue weighted by molar-refractivity contribution is -0.383. The van der Waals surface area contributed by atoms with Gasteiger partial charge in [-0.1, -0.05) is 0 Å². The predicted molar refractivity (Wildman–Crippen MR) is 74.5 cm³/mol. The Morgan fingerprint density at radius 2 is 2.38 bits per heavy atom. The first kappa shape index (κ1) is 13.5. The maximum atomic E-state index is 11.2. The SMILES string of the molecule is N#CCc1cc([N+](=O)[O-])c2cnn(C3CCCCO3)c2c1. The Kier molecular flexibility index (Phi) is 3.54. The van der Waals surface area contributed by atoms with Crippen LogP contribution in [0.25, 0.3) is 10.9 Å². The van der Waals surface area contributed by atoms with Gasteiger partial charge in [-0.25, -0.2) is 4.68 Å². The fourth-order valence-electron chi connectivity index (χ4n) is 2.67. The summed E-state index contributed by atoms with van der Waals surface area (Å²) in [5, 5.41) is 24.8. The second-order valence-corrected chi connectivity index (χ2v) is 5.05. The average Bonchev–Trinajstić information content (AvgIpc) is 2.91. The second kappa shape index (κ2) is 5.50. The van der Waals surface area contributed by atoms with Crippen molar-refractivity contribution in [2.75, 3.05) is 6.61 Å². The molecule has 1 saturated heterocycles. The van der Waals surface area contributed by atoms with Crippen LogP contribution in [0.15, 0.2) is 18.3 Å². The molecule has 1 aromatic carbocycles. The first-order valence-electron chi connectivity index (χ1n) is 6.84. The third-order valence-electron chi connectivity index (χ3n) is 3.66. The first-order valence-corrected chi connectivity index (χ1v) is 6.84. The van der Waals surface area contributed by atoms with Gasteiger partial charge in [0.25, 0.3) is 5.69 Å². The minimum atomic E-state index is -0.434. The topological polar surface area (TPSA) is 94.0 Å². The summed E-state index contributed by atoms with van der Waals surface area (Å²) in [7, 11) is 0. The molecule has 1 aliphatic rings. The fraction of sp³-hybridized carbons (Fsp3) is 0.429. The highest BCUT2D eigenvalue weighted by Gasteiger charge is 2.23. The van der Waals surface area contributed by atoms with Crippen molar-refractivity contribution in [2.24, 2.45) is 0 Å². The zero-order valence-corrected chi connectivity index (χ0v) is 11.4. The molecule has 2 aromatic rings. The third kappa shape index (κ3) is 2.45. The van der Waals surface area contributed by atoms with Crippen LogP contribution in [-0.4, -0.2) is 21.3 Å². The van der Waals surface area contributed by atoms with Crippen molar-refractivity contribution in [3.63, 3.8) is 0 Å². The van der Waals surface area contributed by atoms with Gasteiger partial charge in [0.2, 0.25) is 0 Å². The highest BCUT2D eigenvalue weighted by Crippen LogP contribution is 2.31. The molecule has 1 fully saturated rings. The number of hydrogen-bond donors (Lipinski definition) is 0. The lowest BCUT2D eigenvalue weighted by Gasteiger charge is -2.23. The summed E-state index contributed by atoms with van der Waals surface area (Å²) in [6.07, 6.45) is 4.36. The van der Waals surface area contributed by atoms with Crippen LogP contribution in [0.2, 0.25) is 0 Å². The third-order valence-corrected chi connectivity index (χ3v) is 3.66. The predicted octanol–water partition coefficient (Wildman–Crippen LogP) is 2.71. The number of nitriles is 1. The maximum Gasteiger partial charge on any atom is 0.280 e. The Balaban J connectivity index is 2.14. The molecular weight excluding hydrogens is 272 g/mol. The van der Waals surface area contributed by atoms with E-state index in [-0.39, 0.29) is 18.3 Å². The highest BCUT2D eigenvalue weighted by molar-refractivity contribution is 5.88. The van der Waals surface area contributed by atoms with E-state index in [2.05, 4.69) is 5.10 Å². The molecule has 0 aliphatic carbocycles. The molecule has 0 radical (unpaired) electrons. The van der Waals surface area contributed by atoms with Gasteiger partial charge in [0.1, 0.15) is 0 Å². The molecular formula is C14H14N4O3. The van der Waals surface area contributed by atoms with E-state index in [1.807, 2.05) is 6.07 Å². The van der Waals surface area contributed by atoms with Crippen molar-refractivity contribution >= 4 is 16.6 Å². The van der Waals surface area contributed by atoms with Gasteiger partial charge in [-0.15, -0.1) is 0 Å². The number of aromatic nitrogens is 2. The summed E-state index contributed by atoms with van der Waals surface area (Å²) in [5.74, 6) is 0. The number of non-ortho nitro benzene ring substituents is 1. The van der Waals surface area contributed by atoms with Crippen molar-refractivity contribution in [1.82, 2.24) is 9.78 Å². The van der Waals surface area contributed by atoms with E-state index < -0.39 is 4.92 Å². The highest BCUT2D eigenvalue weighted by atomic mass is 16.6. The fourth-order valence-corrected chi connectivity index (χ4v) is 2.67. The van der Waals surface area contributed by atoms with E-state index in [9.17, 15) is 10.1 Å². The van der Waals surface area contributed by atoms with E-state index in [1.54, 1.807) is 10.7 Å². The molecule has 0 saturated carbocycles. The number of nitrogens with zero attached hydrogens (tertiary/aromatic N) is 4. The molecule has 0 N–H and O–H groups in total. The van der Waals surface area contributed by atoms with Gasteiger partial charge in [-0.2, -0.15) is 10.4 Å². The zero-order valence-electron chi connectivity index (χ0n) is 11.4. The van der Waals surface area contributed by atoms with Crippen LogP contribution in [0.1, 0.15) is 31.1 Å². The molecule has 0 spiro atoms. The molecule has 108 valence electrons. The standard InChI is InChI=1S/C14H14N4O3/c15-5-4-10-7-12-11(13(8-10)18(19)20)9-16-17(12)14-3-1-2-6-21-14/h7-9,14H,1-4,6H2. The van der Waals surface area contributed by atoms with Crippen LogP contribution in [0, 0.1) is 21.4 Å².